The Kier molecular flexibility index (Phi) is 3.40. The number of aromatic amines is 1. The minimum atomic E-state index is 0.552. The summed E-state index contributed by atoms with van der Waals surface area (Å²) >= 11 is 0. The number of nitrogens with zero attached hydrogens (tertiary/aromatic N) is 3. The van der Waals surface area contributed by atoms with Crippen LogP contribution < -0.4 is 0 Å². The van der Waals surface area contributed by atoms with Crippen molar-refractivity contribution in [2.75, 3.05) is 0 Å². The molecule has 0 saturated carbocycles. The van der Waals surface area contributed by atoms with Crippen molar-refractivity contribution in [1.82, 2.24) is 19.7 Å². The highest BCUT2D eigenvalue weighted by Crippen LogP contribution is 2.29. The molecule has 1 aliphatic carbocycles. The molecule has 0 saturated heterocycles. The Balaban J connectivity index is 1.93. The molecule has 1 aliphatic rings. The first-order valence-electron chi connectivity index (χ1n) is 7.37. The Morgan fingerprint density at radius 1 is 1.42 bits per heavy atom. The van der Waals surface area contributed by atoms with Crippen LogP contribution in [-0.2, 0) is 6.54 Å². The van der Waals surface area contributed by atoms with E-state index in [1.807, 2.05) is 0 Å². The van der Waals surface area contributed by atoms with Crippen molar-refractivity contribution in [2.45, 2.75) is 58.4 Å². The summed E-state index contributed by atoms with van der Waals surface area (Å²) in [6.07, 6.45) is 10.4. The molecule has 0 radical (unpaired) electrons. The summed E-state index contributed by atoms with van der Waals surface area (Å²) in [6, 6.07) is 0. The Morgan fingerprint density at radius 3 is 3.05 bits per heavy atom. The molecule has 1 N–H and O–H groups in total. The molecule has 102 valence electrons. The fourth-order valence-electron chi connectivity index (χ4n) is 2.80. The van der Waals surface area contributed by atoms with Crippen LogP contribution in [0.3, 0.4) is 0 Å². The maximum Gasteiger partial charge on any atom is 0.176 e. The first kappa shape index (κ1) is 12.5. The van der Waals surface area contributed by atoms with Gasteiger partial charge in [-0.3, -0.25) is 0 Å². The Labute approximate surface area is 113 Å². The van der Waals surface area contributed by atoms with Crippen molar-refractivity contribution in [2.24, 2.45) is 0 Å². The van der Waals surface area contributed by atoms with Crippen LogP contribution >= 0.6 is 0 Å². The molecular weight excluding hydrogens is 236 g/mol. The second-order valence-electron chi connectivity index (χ2n) is 5.46. The van der Waals surface area contributed by atoms with Gasteiger partial charge in [0, 0.05) is 12.5 Å². The number of allylic oxidation sites excluding steroid dienone is 2. The molecule has 0 aliphatic heterocycles. The molecule has 1 atom stereocenters. The van der Waals surface area contributed by atoms with Gasteiger partial charge in [0.15, 0.2) is 5.65 Å². The quantitative estimate of drug-likeness (QED) is 0.850. The number of aromatic nitrogens is 4. The van der Waals surface area contributed by atoms with Gasteiger partial charge < -0.3 is 4.98 Å². The standard InChI is InChI=1S/C15H22N4/c1-3-4-10-19-15-13(11(2)18-19)16-14(17-15)12-8-6-5-7-9-12/h5-6,12H,3-4,7-10H2,1-2H3,(H,16,17). The number of rotatable bonds is 4. The number of H-pyrrole nitrogens is 1. The van der Waals surface area contributed by atoms with Gasteiger partial charge in [-0.25, -0.2) is 9.67 Å². The third-order valence-electron chi connectivity index (χ3n) is 3.96. The highest BCUT2D eigenvalue weighted by atomic mass is 15.3. The molecule has 2 heterocycles. The molecule has 4 nitrogen and oxygen atoms in total. The van der Waals surface area contributed by atoms with Gasteiger partial charge in [0.1, 0.15) is 11.3 Å². The van der Waals surface area contributed by atoms with E-state index in [-0.39, 0.29) is 0 Å². The van der Waals surface area contributed by atoms with E-state index in [4.69, 9.17) is 4.98 Å². The number of hydrogen-bond donors (Lipinski definition) is 1. The summed E-state index contributed by atoms with van der Waals surface area (Å²) in [4.78, 5) is 8.32. The van der Waals surface area contributed by atoms with E-state index >= 15 is 0 Å². The monoisotopic (exact) mass is 258 g/mol. The van der Waals surface area contributed by atoms with Crippen LogP contribution in [0.2, 0.25) is 0 Å². The topological polar surface area (TPSA) is 46.5 Å². The van der Waals surface area contributed by atoms with Crippen LogP contribution in [0, 0.1) is 6.92 Å². The summed E-state index contributed by atoms with van der Waals surface area (Å²) in [7, 11) is 0. The Hall–Kier alpha value is -1.58. The highest BCUT2D eigenvalue weighted by Gasteiger charge is 2.19. The maximum absolute atomic E-state index is 4.82. The normalized spacial score (nSPS) is 19.4. The molecule has 0 fully saturated rings. The third kappa shape index (κ3) is 2.31. The van der Waals surface area contributed by atoms with E-state index in [9.17, 15) is 0 Å². The second-order valence-corrected chi connectivity index (χ2v) is 5.46. The first-order chi connectivity index (χ1) is 9.29. The molecule has 4 heteroatoms. The number of aryl methyl sites for hydroxylation is 2. The van der Waals surface area contributed by atoms with Crippen molar-refractivity contribution in [1.29, 1.82) is 0 Å². The third-order valence-corrected chi connectivity index (χ3v) is 3.96. The first-order valence-corrected chi connectivity index (χ1v) is 7.37. The van der Waals surface area contributed by atoms with Crippen molar-refractivity contribution in [3.8, 4) is 0 Å². The van der Waals surface area contributed by atoms with E-state index in [0.29, 0.717) is 5.92 Å². The van der Waals surface area contributed by atoms with Gasteiger partial charge >= 0.3 is 0 Å². The molecule has 0 amide bonds. The van der Waals surface area contributed by atoms with Gasteiger partial charge in [-0.2, -0.15) is 5.10 Å². The lowest BCUT2D eigenvalue weighted by molar-refractivity contribution is 0.569. The fraction of sp³-hybridized carbons (Fsp3) is 0.600. The zero-order chi connectivity index (χ0) is 13.2. The molecule has 2 aromatic rings. The average molecular weight is 258 g/mol. The van der Waals surface area contributed by atoms with E-state index in [1.165, 1.54) is 19.3 Å². The number of hydrogen-bond acceptors (Lipinski definition) is 2. The SMILES string of the molecule is CCCCn1nc(C)c2[nH]c(C3CC=CCC3)nc21. The highest BCUT2D eigenvalue weighted by molar-refractivity contribution is 5.74. The summed E-state index contributed by atoms with van der Waals surface area (Å²) in [5, 5.41) is 4.58. The fourth-order valence-corrected chi connectivity index (χ4v) is 2.80. The zero-order valence-corrected chi connectivity index (χ0v) is 11.8. The van der Waals surface area contributed by atoms with E-state index in [0.717, 1.165) is 42.1 Å². The predicted molar refractivity (Wildman–Crippen MR) is 77.3 cm³/mol. The van der Waals surface area contributed by atoms with Crippen LogP contribution in [-0.4, -0.2) is 19.7 Å². The van der Waals surface area contributed by atoms with E-state index < -0.39 is 0 Å². The van der Waals surface area contributed by atoms with Crippen LogP contribution in [0.15, 0.2) is 12.2 Å². The maximum atomic E-state index is 4.82. The average Bonchev–Trinajstić information content (AvgIpc) is 2.99. The van der Waals surface area contributed by atoms with Gasteiger partial charge in [0.2, 0.25) is 0 Å². The summed E-state index contributed by atoms with van der Waals surface area (Å²) in [6.45, 7) is 5.24. The smallest absolute Gasteiger partial charge is 0.176 e. The van der Waals surface area contributed by atoms with Crippen molar-refractivity contribution in [3.05, 3.63) is 23.7 Å². The molecule has 3 rings (SSSR count). The lowest BCUT2D eigenvalue weighted by Crippen LogP contribution is -2.05. The zero-order valence-electron chi connectivity index (χ0n) is 11.8. The molecule has 19 heavy (non-hydrogen) atoms. The van der Waals surface area contributed by atoms with Gasteiger partial charge in [-0.1, -0.05) is 25.5 Å². The minimum Gasteiger partial charge on any atom is -0.339 e. The van der Waals surface area contributed by atoms with Gasteiger partial charge in [-0.05, 0) is 32.6 Å². The Morgan fingerprint density at radius 2 is 2.32 bits per heavy atom. The summed E-state index contributed by atoms with van der Waals surface area (Å²) < 4.78 is 2.06. The van der Waals surface area contributed by atoms with E-state index in [2.05, 4.69) is 40.8 Å². The minimum absolute atomic E-state index is 0.552. The molecule has 2 aromatic heterocycles. The molecule has 0 bridgehead atoms. The van der Waals surface area contributed by atoms with Gasteiger partial charge in [-0.15, -0.1) is 0 Å². The largest absolute Gasteiger partial charge is 0.339 e. The van der Waals surface area contributed by atoms with Crippen molar-refractivity contribution in [3.63, 3.8) is 0 Å². The number of nitrogens with one attached hydrogen (secondary N) is 1. The summed E-state index contributed by atoms with van der Waals surface area (Å²) in [5.74, 6) is 1.70. The molecule has 0 aromatic carbocycles. The number of unbranched alkanes of at least 4 members (excludes halogenated alkanes) is 1. The van der Waals surface area contributed by atoms with Crippen LogP contribution in [0.25, 0.3) is 11.2 Å². The number of imidazole rings is 1. The van der Waals surface area contributed by atoms with Crippen LogP contribution in [0.4, 0.5) is 0 Å². The molecule has 0 spiro atoms. The lowest BCUT2D eigenvalue weighted by Gasteiger charge is -2.14. The van der Waals surface area contributed by atoms with E-state index in [1.54, 1.807) is 0 Å². The van der Waals surface area contributed by atoms with Gasteiger partial charge in [0.25, 0.3) is 0 Å². The number of fused-ring (bicyclic) bond motifs is 1. The van der Waals surface area contributed by atoms with Crippen molar-refractivity contribution >= 4 is 11.2 Å². The van der Waals surface area contributed by atoms with Crippen LogP contribution in [0.5, 0.6) is 0 Å². The molecular formula is C15H22N4. The predicted octanol–water partition coefficient (Wildman–Crippen LogP) is 3.69. The summed E-state index contributed by atoms with van der Waals surface area (Å²) in [5.41, 5.74) is 3.23. The Bertz CT molecular complexity index is 591. The van der Waals surface area contributed by atoms with Crippen molar-refractivity contribution < 1.29 is 0 Å². The van der Waals surface area contributed by atoms with Crippen LogP contribution in [0.1, 0.15) is 56.5 Å². The van der Waals surface area contributed by atoms with Gasteiger partial charge in [0.05, 0.1) is 5.69 Å². The lowest BCUT2D eigenvalue weighted by atomic mass is 9.94. The molecule has 1 unspecified atom stereocenters. The second kappa shape index (κ2) is 5.19.